The van der Waals surface area contributed by atoms with Crippen molar-refractivity contribution >= 4 is 10.8 Å². The Balaban J connectivity index is 1.42. The number of pyridine rings is 1. The number of nitrogens with zero attached hydrogens (tertiary/aromatic N) is 1. The zero-order valence-electron chi connectivity index (χ0n) is 19.1. The molecule has 7 heteroatoms. The Hall–Kier alpha value is -3.48. The van der Waals surface area contributed by atoms with E-state index in [1.54, 1.807) is 12.1 Å². The van der Waals surface area contributed by atoms with Gasteiger partial charge in [0.05, 0.1) is 0 Å². The molecule has 0 amide bonds. The third-order valence-corrected chi connectivity index (χ3v) is 5.97. The maximum atomic E-state index is 15.1. The molecular weight excluding hydrogens is 461 g/mol. The summed E-state index contributed by atoms with van der Waals surface area (Å²) in [5.74, 6) is -2.34. The molecule has 0 saturated heterocycles. The molecule has 0 saturated carbocycles. The highest BCUT2D eigenvalue weighted by molar-refractivity contribution is 5.84. The van der Waals surface area contributed by atoms with Gasteiger partial charge in [0.15, 0.2) is 11.6 Å². The molecule has 1 aromatic heterocycles. The van der Waals surface area contributed by atoms with E-state index in [4.69, 9.17) is 0 Å². The number of ether oxygens (including phenoxy) is 1. The summed E-state index contributed by atoms with van der Waals surface area (Å²) in [6, 6.07) is 16.6. The van der Waals surface area contributed by atoms with Gasteiger partial charge in [-0.25, -0.2) is 8.78 Å². The number of alkyl halides is 3. The molecule has 0 aliphatic heterocycles. The predicted molar refractivity (Wildman–Crippen MR) is 125 cm³/mol. The summed E-state index contributed by atoms with van der Waals surface area (Å²) < 4.78 is 69.6. The van der Waals surface area contributed by atoms with Gasteiger partial charge in [-0.2, -0.15) is 0 Å². The average Bonchev–Trinajstić information content (AvgIpc) is 2.83. The SMILES string of the molecule is CCc1ccc(CCc2ccc3c(F)c(CCc4ccc(OC(F)(F)F)c(F)c4)ccc3c2)nc1. The highest BCUT2D eigenvalue weighted by Gasteiger charge is 2.32. The summed E-state index contributed by atoms with van der Waals surface area (Å²) in [6.45, 7) is 2.09. The first kappa shape index (κ1) is 24.6. The lowest BCUT2D eigenvalue weighted by Gasteiger charge is -2.11. The van der Waals surface area contributed by atoms with E-state index in [1.807, 2.05) is 30.5 Å². The van der Waals surface area contributed by atoms with Crippen molar-refractivity contribution < 1.29 is 26.7 Å². The van der Waals surface area contributed by atoms with Crippen LogP contribution in [0.2, 0.25) is 0 Å². The molecule has 0 aliphatic carbocycles. The van der Waals surface area contributed by atoms with Gasteiger partial charge in [0.1, 0.15) is 5.82 Å². The lowest BCUT2D eigenvalue weighted by molar-refractivity contribution is -0.275. The second-order valence-electron chi connectivity index (χ2n) is 8.42. The fourth-order valence-electron chi connectivity index (χ4n) is 4.01. The van der Waals surface area contributed by atoms with Gasteiger partial charge in [-0.15, -0.1) is 13.2 Å². The fourth-order valence-corrected chi connectivity index (χ4v) is 4.01. The molecule has 3 aromatic carbocycles. The lowest BCUT2D eigenvalue weighted by atomic mass is 9.97. The van der Waals surface area contributed by atoms with E-state index < -0.39 is 17.9 Å². The monoisotopic (exact) mass is 485 g/mol. The van der Waals surface area contributed by atoms with Crippen molar-refractivity contribution in [3.8, 4) is 5.75 Å². The lowest BCUT2D eigenvalue weighted by Crippen LogP contribution is -2.18. The number of rotatable bonds is 8. The van der Waals surface area contributed by atoms with Crippen LogP contribution in [0.15, 0.2) is 66.9 Å². The minimum absolute atomic E-state index is 0.271. The van der Waals surface area contributed by atoms with Crippen molar-refractivity contribution in [3.05, 3.63) is 106 Å². The van der Waals surface area contributed by atoms with Gasteiger partial charge in [-0.3, -0.25) is 4.98 Å². The van der Waals surface area contributed by atoms with E-state index in [1.165, 1.54) is 11.6 Å². The number of hydrogen-bond acceptors (Lipinski definition) is 2. The molecule has 0 N–H and O–H groups in total. The minimum Gasteiger partial charge on any atom is -0.403 e. The van der Waals surface area contributed by atoms with E-state index in [0.29, 0.717) is 16.5 Å². The Kier molecular flexibility index (Phi) is 7.34. The quantitative estimate of drug-likeness (QED) is 0.241. The first-order valence-electron chi connectivity index (χ1n) is 11.4. The number of fused-ring (bicyclic) bond motifs is 1. The summed E-state index contributed by atoms with van der Waals surface area (Å²) in [7, 11) is 0. The molecule has 0 radical (unpaired) electrons. The van der Waals surface area contributed by atoms with E-state index in [-0.39, 0.29) is 18.7 Å². The highest BCUT2D eigenvalue weighted by Crippen LogP contribution is 2.28. The van der Waals surface area contributed by atoms with E-state index in [2.05, 4.69) is 22.7 Å². The van der Waals surface area contributed by atoms with Crippen LogP contribution in [0.3, 0.4) is 0 Å². The van der Waals surface area contributed by atoms with Crippen LogP contribution in [0.1, 0.15) is 34.9 Å². The third-order valence-electron chi connectivity index (χ3n) is 5.97. The first-order valence-corrected chi connectivity index (χ1v) is 11.4. The Bertz CT molecular complexity index is 1320. The van der Waals surface area contributed by atoms with Crippen LogP contribution in [0.5, 0.6) is 5.75 Å². The van der Waals surface area contributed by atoms with Crippen molar-refractivity contribution in [2.24, 2.45) is 0 Å². The van der Waals surface area contributed by atoms with Crippen molar-refractivity contribution in [2.45, 2.75) is 45.4 Å². The number of halogens is 5. The smallest absolute Gasteiger partial charge is 0.403 e. The molecule has 0 aliphatic rings. The zero-order chi connectivity index (χ0) is 25.0. The summed E-state index contributed by atoms with van der Waals surface area (Å²) in [4.78, 5) is 4.48. The van der Waals surface area contributed by atoms with Crippen molar-refractivity contribution in [1.29, 1.82) is 0 Å². The number of aromatic nitrogens is 1. The normalized spacial score (nSPS) is 11.7. The Morgan fingerprint density at radius 1 is 0.771 bits per heavy atom. The van der Waals surface area contributed by atoms with Gasteiger partial charge in [-0.1, -0.05) is 49.4 Å². The van der Waals surface area contributed by atoms with E-state index in [9.17, 15) is 17.6 Å². The molecule has 0 spiro atoms. The van der Waals surface area contributed by atoms with Crippen molar-refractivity contribution in [3.63, 3.8) is 0 Å². The molecule has 0 bridgehead atoms. The summed E-state index contributed by atoms with van der Waals surface area (Å²) in [6.07, 6.45) is 0.0110. The second-order valence-corrected chi connectivity index (χ2v) is 8.42. The Morgan fingerprint density at radius 3 is 2.17 bits per heavy atom. The molecule has 0 fully saturated rings. The standard InChI is InChI=1S/C28H24F5NO/c1-2-18-4-11-23(34-17-18)12-5-19-6-13-24-22(15-19)10-9-21(27(24)30)8-3-20-7-14-26(25(29)16-20)35-28(31,32)33/h4,6-7,9-11,13-17H,2-3,5,8,12H2,1H3. The van der Waals surface area contributed by atoms with E-state index in [0.717, 1.165) is 48.0 Å². The van der Waals surface area contributed by atoms with Crippen LogP contribution in [0.4, 0.5) is 22.0 Å². The number of aryl methyl sites for hydroxylation is 5. The van der Waals surface area contributed by atoms with Crippen LogP contribution in [-0.4, -0.2) is 11.3 Å². The van der Waals surface area contributed by atoms with Crippen LogP contribution >= 0.6 is 0 Å². The Morgan fingerprint density at radius 2 is 1.49 bits per heavy atom. The first-order chi connectivity index (χ1) is 16.7. The Labute approximate surface area is 200 Å². The predicted octanol–water partition coefficient (Wildman–Crippen LogP) is 7.54. The molecule has 35 heavy (non-hydrogen) atoms. The molecule has 4 aromatic rings. The molecule has 2 nitrogen and oxygen atoms in total. The van der Waals surface area contributed by atoms with Gasteiger partial charge in [0.25, 0.3) is 0 Å². The highest BCUT2D eigenvalue weighted by atomic mass is 19.4. The molecule has 1 heterocycles. The molecular formula is C28H24F5NO. The maximum absolute atomic E-state index is 15.1. The topological polar surface area (TPSA) is 22.1 Å². The average molecular weight is 485 g/mol. The van der Waals surface area contributed by atoms with Crippen LogP contribution in [-0.2, 0) is 32.1 Å². The van der Waals surface area contributed by atoms with Gasteiger partial charge in [0.2, 0.25) is 0 Å². The van der Waals surface area contributed by atoms with Crippen molar-refractivity contribution in [1.82, 2.24) is 4.98 Å². The third kappa shape index (κ3) is 6.35. The summed E-state index contributed by atoms with van der Waals surface area (Å²) in [5, 5.41) is 1.29. The van der Waals surface area contributed by atoms with Crippen molar-refractivity contribution in [2.75, 3.05) is 0 Å². The second kappa shape index (κ2) is 10.4. The van der Waals surface area contributed by atoms with Gasteiger partial charge in [0, 0.05) is 17.3 Å². The van der Waals surface area contributed by atoms with Crippen LogP contribution in [0, 0.1) is 11.6 Å². The van der Waals surface area contributed by atoms with E-state index >= 15 is 4.39 Å². The minimum atomic E-state index is -4.96. The van der Waals surface area contributed by atoms with Gasteiger partial charge >= 0.3 is 6.36 Å². The van der Waals surface area contributed by atoms with Crippen LogP contribution in [0.25, 0.3) is 10.8 Å². The van der Waals surface area contributed by atoms with Gasteiger partial charge < -0.3 is 4.74 Å². The fraction of sp³-hybridized carbons (Fsp3) is 0.250. The summed E-state index contributed by atoms with van der Waals surface area (Å²) >= 11 is 0. The number of benzene rings is 3. The zero-order valence-corrected chi connectivity index (χ0v) is 19.1. The molecule has 4 rings (SSSR count). The largest absolute Gasteiger partial charge is 0.573 e. The van der Waals surface area contributed by atoms with Gasteiger partial charge in [-0.05, 0) is 77.9 Å². The van der Waals surface area contributed by atoms with Crippen LogP contribution < -0.4 is 4.74 Å². The molecule has 0 unspecified atom stereocenters. The maximum Gasteiger partial charge on any atom is 0.573 e. The number of hydrogen-bond donors (Lipinski definition) is 0. The molecule has 182 valence electrons. The molecule has 0 atom stereocenters. The summed E-state index contributed by atoms with van der Waals surface area (Å²) in [5.41, 5.74) is 4.21.